The second-order valence-corrected chi connectivity index (χ2v) is 6.88. The van der Waals surface area contributed by atoms with E-state index in [0.29, 0.717) is 0 Å². The Hall–Kier alpha value is -3.52. The van der Waals surface area contributed by atoms with Crippen LogP contribution in [0.2, 0.25) is 0 Å². The number of ether oxygens (including phenoxy) is 2. The highest BCUT2D eigenvalue weighted by Gasteiger charge is 2.34. The predicted octanol–water partition coefficient (Wildman–Crippen LogP) is 6.34. The lowest BCUT2D eigenvalue weighted by molar-refractivity contribution is 0.201. The van der Waals surface area contributed by atoms with E-state index in [1.165, 1.54) is 0 Å². The molecule has 136 valence electrons. The van der Waals surface area contributed by atoms with Gasteiger partial charge >= 0.3 is 0 Å². The van der Waals surface area contributed by atoms with Crippen molar-refractivity contribution in [2.24, 2.45) is 0 Å². The van der Waals surface area contributed by atoms with E-state index < -0.39 is 0 Å². The molecular weight excluding hydrogens is 344 g/mol. The Balaban J connectivity index is 1.62. The summed E-state index contributed by atoms with van der Waals surface area (Å²) in [6.45, 7) is 0. The van der Waals surface area contributed by atoms with Crippen LogP contribution >= 0.6 is 0 Å². The maximum absolute atomic E-state index is 6.45. The van der Waals surface area contributed by atoms with Crippen molar-refractivity contribution in [1.29, 1.82) is 0 Å². The molecule has 1 aliphatic rings. The van der Waals surface area contributed by atoms with Gasteiger partial charge in [-0.15, -0.1) is 0 Å². The molecule has 0 atom stereocenters. The zero-order valence-electron chi connectivity index (χ0n) is 15.4. The Labute approximate surface area is 165 Å². The first-order chi connectivity index (χ1) is 13.9. The van der Waals surface area contributed by atoms with Crippen LogP contribution in [0.4, 0.5) is 0 Å². The summed E-state index contributed by atoms with van der Waals surface area (Å²) >= 11 is 0. The maximum Gasteiger partial charge on any atom is 0.150 e. The summed E-state index contributed by atoms with van der Waals surface area (Å²) in [6.07, 6.45) is -0.323. The smallest absolute Gasteiger partial charge is 0.150 e. The van der Waals surface area contributed by atoms with Crippen molar-refractivity contribution >= 4 is 0 Å². The molecule has 0 saturated heterocycles. The van der Waals surface area contributed by atoms with Crippen LogP contribution in [0.15, 0.2) is 109 Å². The van der Waals surface area contributed by atoms with Crippen molar-refractivity contribution in [3.63, 3.8) is 0 Å². The predicted molar refractivity (Wildman–Crippen MR) is 111 cm³/mol. The molecular formula is C26H20O2. The van der Waals surface area contributed by atoms with E-state index in [1.54, 1.807) is 0 Å². The fraction of sp³-hybridized carbons (Fsp3) is 0.0769. The molecule has 0 aromatic heterocycles. The Bertz CT molecular complexity index is 939. The zero-order valence-corrected chi connectivity index (χ0v) is 15.4. The number of hydrogen-bond donors (Lipinski definition) is 0. The first kappa shape index (κ1) is 16.6. The monoisotopic (exact) mass is 364 g/mol. The van der Waals surface area contributed by atoms with E-state index in [-0.39, 0.29) is 12.2 Å². The highest BCUT2D eigenvalue weighted by molar-refractivity contribution is 5.51. The van der Waals surface area contributed by atoms with Gasteiger partial charge in [0.25, 0.3) is 0 Å². The van der Waals surface area contributed by atoms with Crippen LogP contribution in [-0.4, -0.2) is 0 Å². The third kappa shape index (κ3) is 3.03. The Morgan fingerprint density at radius 3 is 0.964 bits per heavy atom. The van der Waals surface area contributed by atoms with Crippen molar-refractivity contribution in [3.8, 4) is 11.5 Å². The van der Waals surface area contributed by atoms with Gasteiger partial charge in [-0.05, 0) is 24.3 Å². The number of para-hydroxylation sites is 2. The van der Waals surface area contributed by atoms with Gasteiger partial charge in [0.2, 0.25) is 0 Å². The van der Waals surface area contributed by atoms with Gasteiger partial charge < -0.3 is 9.47 Å². The van der Waals surface area contributed by atoms with Gasteiger partial charge in [0.1, 0.15) is 23.7 Å². The lowest BCUT2D eigenvalue weighted by atomic mass is 9.81. The summed E-state index contributed by atoms with van der Waals surface area (Å²) in [5.74, 6) is 1.72. The minimum Gasteiger partial charge on any atom is -0.481 e. The minimum absolute atomic E-state index is 0.162. The van der Waals surface area contributed by atoms with Crippen molar-refractivity contribution < 1.29 is 9.47 Å². The highest BCUT2D eigenvalue weighted by atomic mass is 16.5. The van der Waals surface area contributed by atoms with Gasteiger partial charge in [0.05, 0.1) is 0 Å². The van der Waals surface area contributed by atoms with Gasteiger partial charge in [-0.25, -0.2) is 0 Å². The topological polar surface area (TPSA) is 18.5 Å². The summed E-state index contributed by atoms with van der Waals surface area (Å²) in [7, 11) is 0. The molecule has 0 fully saturated rings. The molecule has 1 aliphatic carbocycles. The van der Waals surface area contributed by atoms with Crippen molar-refractivity contribution in [2.75, 3.05) is 0 Å². The lowest BCUT2D eigenvalue weighted by Gasteiger charge is -2.34. The van der Waals surface area contributed by atoms with Crippen LogP contribution in [0.1, 0.15) is 34.5 Å². The normalized spacial score (nSPS) is 17.3. The van der Waals surface area contributed by atoms with E-state index in [2.05, 4.69) is 48.5 Å². The molecule has 0 bridgehead atoms. The molecule has 5 rings (SSSR count). The molecule has 0 spiro atoms. The Kier molecular flexibility index (Phi) is 4.30. The summed E-state index contributed by atoms with van der Waals surface area (Å²) < 4.78 is 12.9. The van der Waals surface area contributed by atoms with Crippen molar-refractivity contribution in [2.45, 2.75) is 12.2 Å². The Morgan fingerprint density at radius 1 is 0.357 bits per heavy atom. The molecule has 4 aromatic carbocycles. The average Bonchev–Trinajstić information content (AvgIpc) is 2.77. The Morgan fingerprint density at radius 2 is 0.643 bits per heavy atom. The molecule has 2 heteroatoms. The second-order valence-electron chi connectivity index (χ2n) is 6.88. The van der Waals surface area contributed by atoms with Crippen LogP contribution in [-0.2, 0) is 0 Å². The number of hydrogen-bond acceptors (Lipinski definition) is 2. The molecule has 4 aromatic rings. The van der Waals surface area contributed by atoms with E-state index in [0.717, 1.165) is 33.8 Å². The first-order valence-electron chi connectivity index (χ1n) is 9.51. The van der Waals surface area contributed by atoms with Crippen LogP contribution in [0, 0.1) is 0 Å². The van der Waals surface area contributed by atoms with Crippen LogP contribution < -0.4 is 9.47 Å². The molecule has 0 saturated carbocycles. The lowest BCUT2D eigenvalue weighted by Crippen LogP contribution is -2.24. The van der Waals surface area contributed by atoms with E-state index in [1.807, 2.05) is 60.7 Å². The molecule has 0 aliphatic heterocycles. The summed E-state index contributed by atoms with van der Waals surface area (Å²) in [5, 5.41) is 0. The van der Waals surface area contributed by atoms with Crippen LogP contribution in [0.5, 0.6) is 11.5 Å². The average molecular weight is 364 g/mol. The zero-order chi connectivity index (χ0) is 18.8. The standard InChI is InChI=1S/C26H20O2/c1-3-11-19(12-4-1)27-25-21-15-7-9-17-23(21)26(24-18-10-8-16-22(24)25)28-20-13-5-2-6-14-20/h1-18,25-26H. The molecule has 28 heavy (non-hydrogen) atoms. The van der Waals surface area contributed by atoms with Crippen molar-refractivity contribution in [3.05, 3.63) is 131 Å². The van der Waals surface area contributed by atoms with E-state index in [9.17, 15) is 0 Å². The summed E-state index contributed by atoms with van der Waals surface area (Å²) in [5.41, 5.74) is 4.58. The van der Waals surface area contributed by atoms with Gasteiger partial charge in [-0.2, -0.15) is 0 Å². The quantitative estimate of drug-likeness (QED) is 0.421. The minimum atomic E-state index is -0.162. The number of fused-ring (bicyclic) bond motifs is 2. The molecule has 2 nitrogen and oxygen atoms in total. The molecule has 0 radical (unpaired) electrons. The highest BCUT2D eigenvalue weighted by Crippen LogP contribution is 2.44. The largest absolute Gasteiger partial charge is 0.481 e. The fourth-order valence-corrected chi connectivity index (χ4v) is 3.84. The molecule has 0 amide bonds. The van der Waals surface area contributed by atoms with Crippen molar-refractivity contribution in [1.82, 2.24) is 0 Å². The fourth-order valence-electron chi connectivity index (χ4n) is 3.84. The molecule has 0 heterocycles. The first-order valence-corrected chi connectivity index (χ1v) is 9.51. The third-order valence-corrected chi connectivity index (χ3v) is 5.12. The summed E-state index contributed by atoms with van der Waals surface area (Å²) in [6, 6.07) is 36.8. The van der Waals surface area contributed by atoms with Gasteiger partial charge in [0, 0.05) is 22.3 Å². The number of benzene rings is 4. The second kappa shape index (κ2) is 7.24. The SMILES string of the molecule is c1ccc(OC2c3ccccc3C(Oc3ccccc3)c3ccccc32)cc1. The van der Waals surface area contributed by atoms with Gasteiger partial charge in [-0.1, -0.05) is 84.9 Å². The summed E-state index contributed by atoms with van der Waals surface area (Å²) in [4.78, 5) is 0. The van der Waals surface area contributed by atoms with Gasteiger partial charge in [-0.3, -0.25) is 0 Å². The third-order valence-electron chi connectivity index (χ3n) is 5.12. The van der Waals surface area contributed by atoms with E-state index in [4.69, 9.17) is 9.47 Å². The van der Waals surface area contributed by atoms with Crippen LogP contribution in [0.25, 0.3) is 0 Å². The molecule has 0 N–H and O–H groups in total. The number of rotatable bonds is 4. The van der Waals surface area contributed by atoms with E-state index >= 15 is 0 Å². The van der Waals surface area contributed by atoms with Gasteiger partial charge in [0.15, 0.2) is 0 Å². The molecule has 0 unspecified atom stereocenters. The van der Waals surface area contributed by atoms with Crippen LogP contribution in [0.3, 0.4) is 0 Å². The maximum atomic E-state index is 6.45.